The number of aliphatic hydroxyl groups excluding tert-OH is 1. The predicted octanol–water partition coefficient (Wildman–Crippen LogP) is -1.02. The molecule has 6 N–H and O–H groups in total. The van der Waals surface area contributed by atoms with E-state index in [0.29, 0.717) is 10.5 Å². The van der Waals surface area contributed by atoms with Crippen LogP contribution in [-0.2, 0) is 24.7 Å². The van der Waals surface area contributed by atoms with Gasteiger partial charge >= 0.3 is 16.3 Å². The second-order valence-corrected chi connectivity index (χ2v) is 11.9. The number of carbonyl (C=O) groups excluding carboxylic acids is 2. The van der Waals surface area contributed by atoms with Crippen LogP contribution in [0.4, 0.5) is 0 Å². The number of carboxylic acids is 1. The maximum Gasteiger partial charge on any atom is 0.352 e. The van der Waals surface area contributed by atoms with E-state index in [9.17, 15) is 33.0 Å². The highest BCUT2D eigenvalue weighted by Crippen LogP contribution is 2.44. The molecule has 4 rings (SSSR count). The fourth-order valence-electron chi connectivity index (χ4n) is 3.65. The van der Waals surface area contributed by atoms with Gasteiger partial charge in [0.05, 0.1) is 0 Å². The number of carboxylic acid groups (broad SMARTS) is 1. The van der Waals surface area contributed by atoms with Gasteiger partial charge in [0, 0.05) is 22.4 Å². The number of aromatic nitrogens is 4. The number of fused-ring (bicyclic) bond motifs is 1. The first kappa shape index (κ1) is 26.5. The number of β-lactam (4-membered cyclic amide) rings is 1. The molecule has 1 saturated heterocycles. The lowest BCUT2D eigenvalue weighted by molar-refractivity contribution is -0.151. The highest BCUT2D eigenvalue weighted by molar-refractivity contribution is 8.01. The molecule has 2 aliphatic rings. The van der Waals surface area contributed by atoms with E-state index in [1.165, 1.54) is 23.1 Å². The summed E-state index contributed by atoms with van der Waals surface area (Å²) in [7, 11) is -4.47. The van der Waals surface area contributed by atoms with Crippen molar-refractivity contribution in [3.8, 4) is 0 Å². The minimum absolute atomic E-state index is 0.0333. The van der Waals surface area contributed by atoms with Gasteiger partial charge < -0.3 is 15.5 Å². The van der Waals surface area contributed by atoms with Gasteiger partial charge in [-0.05, 0) is 28.7 Å². The highest BCUT2D eigenvalue weighted by atomic mass is 32.2. The Labute approximate surface area is 216 Å². The SMILES string of the molecule is O=C(O)C1=C(C(CCNS(=O)(=O)O)Sc2nn[nH]n2)CS[C@H]2C(NC(=O)C(O)c3cccs3)C(=O)N12. The lowest BCUT2D eigenvalue weighted by atomic mass is 10.00. The van der Waals surface area contributed by atoms with Crippen LogP contribution in [0.3, 0.4) is 0 Å². The summed E-state index contributed by atoms with van der Waals surface area (Å²) in [5.74, 6) is -2.68. The molecular weight excluding hydrogens is 558 g/mol. The molecule has 19 heteroatoms. The van der Waals surface area contributed by atoms with Crippen molar-refractivity contribution in [2.45, 2.75) is 34.3 Å². The zero-order valence-electron chi connectivity index (χ0n) is 18.0. The topological polar surface area (TPSA) is 228 Å². The summed E-state index contributed by atoms with van der Waals surface area (Å²) < 4.78 is 33.0. The van der Waals surface area contributed by atoms with Crippen LogP contribution in [0, 0.1) is 0 Å². The smallest absolute Gasteiger partial charge is 0.352 e. The Hall–Kier alpha value is -2.55. The van der Waals surface area contributed by atoms with Crippen molar-refractivity contribution < 1.29 is 37.6 Å². The van der Waals surface area contributed by atoms with Gasteiger partial charge in [-0.15, -0.1) is 33.3 Å². The average Bonchev–Trinajstić information content (AvgIpc) is 3.54. The molecule has 0 aliphatic carbocycles. The summed E-state index contributed by atoms with van der Waals surface area (Å²) in [5, 5.41) is 36.5. The number of thioether (sulfide) groups is 2. The molecule has 2 aromatic heterocycles. The summed E-state index contributed by atoms with van der Waals surface area (Å²) in [6.45, 7) is -0.230. The molecule has 0 radical (unpaired) electrons. The lowest BCUT2D eigenvalue weighted by Gasteiger charge is -2.50. The molecule has 0 saturated carbocycles. The third-order valence-corrected chi connectivity index (χ3v) is 9.20. The molecule has 15 nitrogen and oxygen atoms in total. The van der Waals surface area contributed by atoms with Crippen molar-refractivity contribution in [1.82, 2.24) is 35.6 Å². The normalized spacial score (nSPS) is 21.5. The van der Waals surface area contributed by atoms with Crippen molar-refractivity contribution in [1.29, 1.82) is 0 Å². The van der Waals surface area contributed by atoms with Gasteiger partial charge in [0.15, 0.2) is 6.10 Å². The van der Waals surface area contributed by atoms with Crippen LogP contribution in [0.2, 0.25) is 0 Å². The first-order valence-electron chi connectivity index (χ1n) is 10.1. The summed E-state index contributed by atoms with van der Waals surface area (Å²) in [6, 6.07) is 2.22. The lowest BCUT2D eigenvalue weighted by Crippen LogP contribution is -2.71. The molecule has 194 valence electrons. The third-order valence-electron chi connectivity index (χ3n) is 5.21. The Bertz CT molecular complexity index is 1270. The summed E-state index contributed by atoms with van der Waals surface area (Å²) >= 11 is 3.40. The van der Waals surface area contributed by atoms with E-state index in [4.69, 9.17) is 4.55 Å². The number of rotatable bonds is 11. The van der Waals surface area contributed by atoms with Gasteiger partial charge in [-0.2, -0.15) is 18.4 Å². The summed E-state index contributed by atoms with van der Waals surface area (Å²) in [5.41, 5.74) is 0.0216. The molecule has 2 amide bonds. The fourth-order valence-corrected chi connectivity index (χ4v) is 7.27. The first-order chi connectivity index (χ1) is 17.1. The van der Waals surface area contributed by atoms with Gasteiger partial charge in [0.2, 0.25) is 5.16 Å². The van der Waals surface area contributed by atoms with E-state index in [0.717, 1.165) is 16.7 Å². The van der Waals surface area contributed by atoms with Crippen LogP contribution >= 0.6 is 34.9 Å². The molecule has 2 aliphatic heterocycles. The Morgan fingerprint density at radius 1 is 1.39 bits per heavy atom. The molecule has 3 unspecified atom stereocenters. The van der Waals surface area contributed by atoms with E-state index < -0.39 is 50.9 Å². The van der Waals surface area contributed by atoms with Crippen molar-refractivity contribution >= 4 is 62.9 Å². The first-order valence-corrected chi connectivity index (χ1v) is 14.4. The number of aliphatic hydroxyl groups is 1. The van der Waals surface area contributed by atoms with E-state index in [2.05, 4.69) is 25.9 Å². The highest BCUT2D eigenvalue weighted by Gasteiger charge is 2.55. The van der Waals surface area contributed by atoms with Crippen molar-refractivity contribution in [3.05, 3.63) is 33.7 Å². The Morgan fingerprint density at radius 3 is 2.78 bits per heavy atom. The quantitative estimate of drug-likeness (QED) is 0.107. The van der Waals surface area contributed by atoms with Crippen molar-refractivity contribution in [3.63, 3.8) is 0 Å². The molecular formula is C17H19N7O8S4. The monoisotopic (exact) mass is 577 g/mol. The van der Waals surface area contributed by atoms with E-state index in [1.54, 1.807) is 17.5 Å². The molecule has 4 atom stereocenters. The average molecular weight is 578 g/mol. The molecule has 1 fully saturated rings. The Morgan fingerprint density at radius 2 is 2.17 bits per heavy atom. The minimum Gasteiger partial charge on any atom is -0.477 e. The van der Waals surface area contributed by atoms with Crippen molar-refractivity contribution in [2.75, 3.05) is 12.3 Å². The molecule has 0 spiro atoms. The Balaban J connectivity index is 1.55. The van der Waals surface area contributed by atoms with Gasteiger partial charge in [-0.25, -0.2) is 4.79 Å². The van der Waals surface area contributed by atoms with Crippen LogP contribution in [-0.4, -0.2) is 95.5 Å². The number of carbonyl (C=O) groups is 3. The van der Waals surface area contributed by atoms with Crippen LogP contribution in [0.15, 0.2) is 33.9 Å². The molecule has 0 aromatic carbocycles. The van der Waals surface area contributed by atoms with Crippen molar-refractivity contribution in [2.24, 2.45) is 0 Å². The number of aliphatic carboxylic acids is 1. The molecule has 0 bridgehead atoms. The molecule has 4 heterocycles. The van der Waals surface area contributed by atoms with Crippen LogP contribution in [0.1, 0.15) is 17.4 Å². The second-order valence-electron chi connectivity index (χ2n) is 7.45. The molecule has 36 heavy (non-hydrogen) atoms. The van der Waals surface area contributed by atoms with Crippen LogP contribution in [0.25, 0.3) is 0 Å². The summed E-state index contributed by atoms with van der Waals surface area (Å²) in [6.07, 6.45) is -1.43. The fraction of sp³-hybridized carbons (Fsp3) is 0.412. The number of aromatic amines is 1. The van der Waals surface area contributed by atoms with Crippen LogP contribution < -0.4 is 10.0 Å². The number of hydrogen-bond acceptors (Lipinski definition) is 12. The number of H-pyrrole nitrogens is 1. The predicted molar refractivity (Wildman–Crippen MR) is 127 cm³/mol. The number of thiophene rings is 1. The maximum absolute atomic E-state index is 12.9. The zero-order valence-corrected chi connectivity index (χ0v) is 21.2. The standard InChI is InChI=1S/C17H19N7O8S4/c25-12(9-2-1-5-33-9)13(26)19-10-14(27)24-11(16(28)29)7(6-34-15(10)24)8(3-4-18-36(30,31)32)35-17-20-22-23-21-17/h1-2,5,8,10,12,15,18,25H,3-4,6H2,(H,19,26)(H,28,29)(H,30,31,32)(H,20,21,22,23)/t8?,10?,12?,15-/m0/s1. The van der Waals surface area contributed by atoms with Gasteiger partial charge in [0.25, 0.3) is 11.8 Å². The number of tetrazole rings is 1. The second kappa shape index (κ2) is 10.8. The minimum atomic E-state index is -4.47. The van der Waals surface area contributed by atoms with Gasteiger partial charge in [-0.3, -0.25) is 19.0 Å². The maximum atomic E-state index is 12.9. The number of amides is 2. The summed E-state index contributed by atoms with van der Waals surface area (Å²) in [4.78, 5) is 39.1. The number of nitrogens with zero attached hydrogens (tertiary/aromatic N) is 4. The van der Waals surface area contributed by atoms with Gasteiger partial charge in [-0.1, -0.05) is 17.8 Å². The third kappa shape index (κ3) is 5.71. The molecule has 2 aromatic rings. The van der Waals surface area contributed by atoms with Gasteiger partial charge in [0.1, 0.15) is 17.1 Å². The van der Waals surface area contributed by atoms with Crippen LogP contribution in [0.5, 0.6) is 0 Å². The largest absolute Gasteiger partial charge is 0.477 e. The number of nitrogens with one attached hydrogen (secondary N) is 3. The number of hydrogen-bond donors (Lipinski definition) is 6. The van der Waals surface area contributed by atoms with E-state index in [-0.39, 0.29) is 29.6 Å². The zero-order chi connectivity index (χ0) is 26.0. The Kier molecular flexibility index (Phi) is 7.97. The van der Waals surface area contributed by atoms with E-state index >= 15 is 0 Å². The van der Waals surface area contributed by atoms with E-state index in [1.807, 2.05) is 4.72 Å².